The molecule has 0 aliphatic carbocycles. The highest BCUT2D eigenvalue weighted by atomic mass is 32.2. The van der Waals surface area contributed by atoms with Crippen LogP contribution < -0.4 is 10.3 Å². The van der Waals surface area contributed by atoms with E-state index < -0.39 is 0 Å². The van der Waals surface area contributed by atoms with E-state index in [0.29, 0.717) is 14.8 Å². The Morgan fingerprint density at radius 1 is 1.03 bits per heavy atom. The number of para-hydroxylation sites is 1. The van der Waals surface area contributed by atoms with Crippen LogP contribution in [0.15, 0.2) is 71.6 Å². The van der Waals surface area contributed by atoms with Crippen LogP contribution in [0.5, 0.6) is 0 Å². The molecular weight excluding hydrogens is 414 g/mol. The summed E-state index contributed by atoms with van der Waals surface area (Å²) in [5.41, 5.74) is 6.80. The standard InChI is InChI=1S/C23H19N3O2S2/c1-15-13-18(16(2)26(15)24-21(27)17-9-5-3-6-10-17)14-20-22(28)25(23(29)30-20)19-11-7-4-8-12-19/h3-14H,1-2H3,(H,24,27)/b20-14-. The van der Waals surface area contributed by atoms with E-state index in [1.54, 1.807) is 21.7 Å². The van der Waals surface area contributed by atoms with Crippen LogP contribution >= 0.6 is 24.0 Å². The molecule has 2 aromatic carbocycles. The maximum absolute atomic E-state index is 13.0. The number of nitrogens with zero attached hydrogens (tertiary/aromatic N) is 2. The summed E-state index contributed by atoms with van der Waals surface area (Å²) >= 11 is 6.71. The first-order chi connectivity index (χ1) is 14.5. The molecule has 3 aromatic rings. The van der Waals surface area contributed by atoms with Gasteiger partial charge in [-0.1, -0.05) is 60.4 Å². The van der Waals surface area contributed by atoms with Crippen molar-refractivity contribution in [1.82, 2.24) is 4.68 Å². The Labute approximate surface area is 184 Å². The van der Waals surface area contributed by atoms with Crippen molar-refractivity contribution in [3.05, 3.63) is 94.1 Å². The Kier molecular flexibility index (Phi) is 5.57. The van der Waals surface area contributed by atoms with Gasteiger partial charge in [0, 0.05) is 17.0 Å². The van der Waals surface area contributed by atoms with E-state index in [-0.39, 0.29) is 11.8 Å². The van der Waals surface area contributed by atoms with Crippen LogP contribution in [0, 0.1) is 13.8 Å². The minimum absolute atomic E-state index is 0.144. The molecule has 5 nitrogen and oxygen atoms in total. The van der Waals surface area contributed by atoms with Crippen LogP contribution in [0.4, 0.5) is 5.69 Å². The second-order valence-corrected chi connectivity index (χ2v) is 8.50. The van der Waals surface area contributed by atoms with E-state index >= 15 is 0 Å². The van der Waals surface area contributed by atoms with Gasteiger partial charge in [0.25, 0.3) is 11.8 Å². The van der Waals surface area contributed by atoms with E-state index in [1.165, 1.54) is 11.8 Å². The van der Waals surface area contributed by atoms with E-state index in [1.807, 2.05) is 74.5 Å². The summed E-state index contributed by atoms with van der Waals surface area (Å²) in [5.74, 6) is -0.339. The molecule has 30 heavy (non-hydrogen) atoms. The molecule has 1 N–H and O–H groups in total. The zero-order valence-electron chi connectivity index (χ0n) is 16.5. The van der Waals surface area contributed by atoms with Gasteiger partial charge in [-0.05, 0) is 55.8 Å². The van der Waals surface area contributed by atoms with Crippen molar-refractivity contribution in [1.29, 1.82) is 0 Å². The predicted octanol–water partition coefficient (Wildman–Crippen LogP) is 4.89. The molecule has 1 saturated heterocycles. The summed E-state index contributed by atoms with van der Waals surface area (Å²) in [4.78, 5) is 27.6. The first-order valence-electron chi connectivity index (χ1n) is 9.34. The van der Waals surface area contributed by atoms with Crippen molar-refractivity contribution >= 4 is 51.9 Å². The molecule has 0 bridgehead atoms. The zero-order valence-corrected chi connectivity index (χ0v) is 18.1. The van der Waals surface area contributed by atoms with Gasteiger partial charge < -0.3 is 0 Å². The minimum Gasteiger partial charge on any atom is -0.268 e. The van der Waals surface area contributed by atoms with Crippen molar-refractivity contribution in [2.75, 3.05) is 10.3 Å². The van der Waals surface area contributed by atoms with E-state index in [0.717, 1.165) is 22.6 Å². The molecule has 4 rings (SSSR count). The van der Waals surface area contributed by atoms with Crippen LogP contribution in [-0.4, -0.2) is 20.8 Å². The van der Waals surface area contributed by atoms with Gasteiger partial charge in [-0.15, -0.1) is 0 Å². The Hall–Kier alpha value is -3.16. The van der Waals surface area contributed by atoms with Crippen LogP contribution in [-0.2, 0) is 4.79 Å². The van der Waals surface area contributed by atoms with Crippen LogP contribution in [0.3, 0.4) is 0 Å². The Morgan fingerprint density at radius 2 is 1.67 bits per heavy atom. The summed E-state index contributed by atoms with van der Waals surface area (Å²) in [6.07, 6.45) is 1.83. The van der Waals surface area contributed by atoms with Crippen LogP contribution in [0.25, 0.3) is 6.08 Å². The summed E-state index contributed by atoms with van der Waals surface area (Å²) in [6, 6.07) is 20.4. The average molecular weight is 434 g/mol. The number of hydrogen-bond acceptors (Lipinski definition) is 4. The number of hydrogen-bond donors (Lipinski definition) is 1. The zero-order chi connectivity index (χ0) is 21.3. The number of aromatic nitrogens is 1. The summed E-state index contributed by atoms with van der Waals surface area (Å²) in [6.45, 7) is 3.81. The number of amides is 2. The Balaban J connectivity index is 1.61. The molecule has 2 heterocycles. The first kappa shape index (κ1) is 20.1. The lowest BCUT2D eigenvalue weighted by Gasteiger charge is -2.13. The van der Waals surface area contributed by atoms with Gasteiger partial charge in [0.15, 0.2) is 4.32 Å². The van der Waals surface area contributed by atoms with Crippen molar-refractivity contribution in [3.63, 3.8) is 0 Å². The smallest absolute Gasteiger partial charge is 0.268 e. The van der Waals surface area contributed by atoms with Crippen molar-refractivity contribution in [2.45, 2.75) is 13.8 Å². The number of rotatable bonds is 4. The van der Waals surface area contributed by atoms with Gasteiger partial charge in [-0.25, -0.2) is 0 Å². The van der Waals surface area contributed by atoms with Crippen LogP contribution in [0.1, 0.15) is 27.3 Å². The molecule has 1 aliphatic heterocycles. The minimum atomic E-state index is -0.195. The third kappa shape index (κ3) is 3.81. The number of thioether (sulfide) groups is 1. The quantitative estimate of drug-likeness (QED) is 0.470. The van der Waals surface area contributed by atoms with Gasteiger partial charge in [-0.2, -0.15) is 0 Å². The lowest BCUT2D eigenvalue weighted by atomic mass is 10.2. The molecular formula is C23H19N3O2S2. The summed E-state index contributed by atoms with van der Waals surface area (Å²) in [7, 11) is 0. The molecule has 0 unspecified atom stereocenters. The first-order valence-corrected chi connectivity index (χ1v) is 10.6. The van der Waals surface area contributed by atoms with E-state index in [9.17, 15) is 9.59 Å². The highest BCUT2D eigenvalue weighted by Gasteiger charge is 2.33. The van der Waals surface area contributed by atoms with Gasteiger partial charge in [-0.3, -0.25) is 24.6 Å². The number of anilines is 1. The highest BCUT2D eigenvalue weighted by Crippen LogP contribution is 2.36. The van der Waals surface area contributed by atoms with Crippen molar-refractivity contribution in [2.24, 2.45) is 0 Å². The highest BCUT2D eigenvalue weighted by molar-refractivity contribution is 8.27. The third-order valence-corrected chi connectivity index (χ3v) is 6.12. The second-order valence-electron chi connectivity index (χ2n) is 6.82. The Morgan fingerprint density at radius 3 is 2.33 bits per heavy atom. The fourth-order valence-electron chi connectivity index (χ4n) is 3.27. The topological polar surface area (TPSA) is 54.3 Å². The fraction of sp³-hybridized carbons (Fsp3) is 0.0870. The van der Waals surface area contributed by atoms with E-state index in [2.05, 4.69) is 5.43 Å². The summed E-state index contributed by atoms with van der Waals surface area (Å²) in [5, 5.41) is 0. The number of carbonyl (C=O) groups excluding carboxylic acids is 2. The van der Waals surface area contributed by atoms with Gasteiger partial charge in [0.1, 0.15) is 0 Å². The number of benzene rings is 2. The molecule has 7 heteroatoms. The maximum Gasteiger partial charge on any atom is 0.270 e. The van der Waals surface area contributed by atoms with E-state index in [4.69, 9.17) is 12.2 Å². The normalized spacial score (nSPS) is 15.1. The molecule has 150 valence electrons. The monoisotopic (exact) mass is 433 g/mol. The molecule has 2 amide bonds. The average Bonchev–Trinajstić information content (AvgIpc) is 3.18. The number of thiocarbonyl (C=S) groups is 1. The van der Waals surface area contributed by atoms with Gasteiger partial charge in [0.05, 0.1) is 10.6 Å². The van der Waals surface area contributed by atoms with Gasteiger partial charge >= 0.3 is 0 Å². The maximum atomic E-state index is 13.0. The largest absolute Gasteiger partial charge is 0.270 e. The molecule has 1 aliphatic rings. The number of carbonyl (C=O) groups is 2. The lowest BCUT2D eigenvalue weighted by Crippen LogP contribution is -2.27. The number of aryl methyl sites for hydroxylation is 1. The molecule has 0 radical (unpaired) electrons. The molecule has 1 aromatic heterocycles. The predicted molar refractivity (Wildman–Crippen MR) is 126 cm³/mol. The lowest BCUT2D eigenvalue weighted by molar-refractivity contribution is -0.113. The van der Waals surface area contributed by atoms with Crippen molar-refractivity contribution < 1.29 is 9.59 Å². The summed E-state index contributed by atoms with van der Waals surface area (Å²) < 4.78 is 2.24. The van der Waals surface area contributed by atoms with Crippen LogP contribution in [0.2, 0.25) is 0 Å². The number of nitrogens with one attached hydrogen (secondary N) is 1. The molecule has 0 atom stereocenters. The third-order valence-electron chi connectivity index (χ3n) is 4.81. The fourth-order valence-corrected chi connectivity index (χ4v) is 4.56. The molecule has 0 saturated carbocycles. The Bertz CT molecular complexity index is 1170. The van der Waals surface area contributed by atoms with Crippen molar-refractivity contribution in [3.8, 4) is 0 Å². The molecule has 1 fully saturated rings. The second kappa shape index (κ2) is 8.30. The molecule has 0 spiro atoms. The SMILES string of the molecule is Cc1cc(/C=C2\SC(=S)N(c3ccccc3)C2=O)c(C)n1NC(=O)c1ccccc1. The van der Waals surface area contributed by atoms with Gasteiger partial charge in [0.2, 0.25) is 0 Å².